The standard InChI is InChI=1S/C14H26/c1-4-6-7-8-9-10-11-14(3)12-13(14)5-2/h5,13H,2,4,6-12H2,1,3H3. The van der Waals surface area contributed by atoms with Gasteiger partial charge in [0.1, 0.15) is 0 Å². The molecule has 0 radical (unpaired) electrons. The fourth-order valence-electron chi connectivity index (χ4n) is 2.41. The Labute approximate surface area is 89.8 Å². The molecular formula is C14H26. The molecule has 0 aromatic rings. The van der Waals surface area contributed by atoms with E-state index in [1.807, 2.05) is 0 Å². The average molecular weight is 194 g/mol. The number of rotatable bonds is 8. The number of hydrogen-bond donors (Lipinski definition) is 0. The van der Waals surface area contributed by atoms with E-state index in [1.165, 1.54) is 51.4 Å². The maximum Gasteiger partial charge on any atom is -0.0177 e. The van der Waals surface area contributed by atoms with Crippen molar-refractivity contribution in [3.05, 3.63) is 12.7 Å². The predicted molar refractivity (Wildman–Crippen MR) is 64.4 cm³/mol. The molecule has 1 rings (SSSR count). The molecule has 82 valence electrons. The SMILES string of the molecule is C=CC1CC1(C)CCCCCCCC. The van der Waals surface area contributed by atoms with E-state index in [0.29, 0.717) is 5.41 Å². The highest BCUT2D eigenvalue weighted by molar-refractivity contribution is 5.06. The summed E-state index contributed by atoms with van der Waals surface area (Å²) in [6, 6.07) is 0. The van der Waals surface area contributed by atoms with Crippen LogP contribution in [0.25, 0.3) is 0 Å². The molecule has 0 N–H and O–H groups in total. The van der Waals surface area contributed by atoms with Crippen LogP contribution >= 0.6 is 0 Å². The van der Waals surface area contributed by atoms with E-state index in [1.54, 1.807) is 0 Å². The summed E-state index contributed by atoms with van der Waals surface area (Å²) in [6.07, 6.45) is 13.5. The third kappa shape index (κ3) is 3.48. The highest BCUT2D eigenvalue weighted by atomic mass is 14.5. The van der Waals surface area contributed by atoms with Crippen LogP contribution in [0, 0.1) is 11.3 Å². The smallest absolute Gasteiger partial charge is 0.0177 e. The molecule has 0 saturated heterocycles. The van der Waals surface area contributed by atoms with Crippen molar-refractivity contribution in [2.24, 2.45) is 11.3 Å². The first-order valence-electron chi connectivity index (χ1n) is 6.35. The zero-order valence-corrected chi connectivity index (χ0v) is 10.0. The van der Waals surface area contributed by atoms with Crippen LogP contribution in [0.5, 0.6) is 0 Å². The van der Waals surface area contributed by atoms with Crippen molar-refractivity contribution in [3.8, 4) is 0 Å². The predicted octanol–water partition coefficient (Wildman–Crippen LogP) is 4.95. The summed E-state index contributed by atoms with van der Waals surface area (Å²) in [5.41, 5.74) is 0.645. The lowest BCUT2D eigenvalue weighted by Crippen LogP contribution is -1.96. The van der Waals surface area contributed by atoms with Gasteiger partial charge in [0.15, 0.2) is 0 Å². The summed E-state index contributed by atoms with van der Waals surface area (Å²) in [5, 5.41) is 0. The van der Waals surface area contributed by atoms with Crippen LogP contribution in [0.1, 0.15) is 65.2 Å². The van der Waals surface area contributed by atoms with Crippen LogP contribution in [0.15, 0.2) is 12.7 Å². The Morgan fingerprint density at radius 1 is 1.21 bits per heavy atom. The lowest BCUT2D eigenvalue weighted by molar-refractivity contribution is 0.449. The monoisotopic (exact) mass is 194 g/mol. The zero-order chi connectivity index (χ0) is 10.4. The van der Waals surface area contributed by atoms with Crippen LogP contribution in [0.3, 0.4) is 0 Å². The van der Waals surface area contributed by atoms with Crippen molar-refractivity contribution >= 4 is 0 Å². The lowest BCUT2D eigenvalue weighted by atomic mass is 9.97. The summed E-state index contributed by atoms with van der Waals surface area (Å²) in [4.78, 5) is 0. The molecule has 2 unspecified atom stereocenters. The van der Waals surface area contributed by atoms with Gasteiger partial charge in [0.25, 0.3) is 0 Å². The second-order valence-corrected chi connectivity index (χ2v) is 5.22. The maximum atomic E-state index is 3.89. The van der Waals surface area contributed by atoms with Gasteiger partial charge in [-0.25, -0.2) is 0 Å². The molecule has 1 fully saturated rings. The minimum Gasteiger partial charge on any atom is -0.103 e. The van der Waals surface area contributed by atoms with Gasteiger partial charge in [0.05, 0.1) is 0 Å². The summed E-state index contributed by atoms with van der Waals surface area (Å²) < 4.78 is 0. The molecular weight excluding hydrogens is 168 g/mol. The van der Waals surface area contributed by atoms with Gasteiger partial charge in [-0.3, -0.25) is 0 Å². The van der Waals surface area contributed by atoms with Crippen LogP contribution in [0.2, 0.25) is 0 Å². The number of hydrogen-bond acceptors (Lipinski definition) is 0. The molecule has 0 bridgehead atoms. The highest BCUT2D eigenvalue weighted by Gasteiger charge is 2.46. The summed E-state index contributed by atoms with van der Waals surface area (Å²) >= 11 is 0. The Morgan fingerprint density at radius 3 is 2.43 bits per heavy atom. The fourth-order valence-corrected chi connectivity index (χ4v) is 2.41. The fraction of sp³-hybridized carbons (Fsp3) is 0.857. The molecule has 0 spiro atoms. The van der Waals surface area contributed by atoms with E-state index < -0.39 is 0 Å². The van der Waals surface area contributed by atoms with Crippen LogP contribution in [-0.2, 0) is 0 Å². The molecule has 0 nitrogen and oxygen atoms in total. The minimum atomic E-state index is 0.645. The highest BCUT2D eigenvalue weighted by Crippen LogP contribution is 2.56. The van der Waals surface area contributed by atoms with E-state index in [-0.39, 0.29) is 0 Å². The molecule has 1 saturated carbocycles. The van der Waals surface area contributed by atoms with Gasteiger partial charge in [0.2, 0.25) is 0 Å². The molecule has 0 heterocycles. The van der Waals surface area contributed by atoms with Gasteiger partial charge in [0, 0.05) is 0 Å². The van der Waals surface area contributed by atoms with Crippen molar-refractivity contribution < 1.29 is 0 Å². The molecule has 0 heteroatoms. The van der Waals surface area contributed by atoms with Crippen molar-refractivity contribution in [2.75, 3.05) is 0 Å². The molecule has 0 aromatic heterocycles. The Hall–Kier alpha value is -0.260. The van der Waals surface area contributed by atoms with E-state index in [4.69, 9.17) is 0 Å². The van der Waals surface area contributed by atoms with Gasteiger partial charge in [-0.15, -0.1) is 6.58 Å². The Bertz CT molecular complexity index is 171. The van der Waals surface area contributed by atoms with Gasteiger partial charge in [-0.05, 0) is 24.2 Å². The van der Waals surface area contributed by atoms with Crippen molar-refractivity contribution in [2.45, 2.75) is 65.2 Å². The van der Waals surface area contributed by atoms with Gasteiger partial charge >= 0.3 is 0 Å². The number of allylic oxidation sites excluding steroid dienone is 1. The van der Waals surface area contributed by atoms with E-state index in [0.717, 1.165) is 5.92 Å². The minimum absolute atomic E-state index is 0.645. The first-order chi connectivity index (χ1) is 6.73. The van der Waals surface area contributed by atoms with Crippen molar-refractivity contribution in [3.63, 3.8) is 0 Å². The molecule has 2 atom stereocenters. The quantitative estimate of drug-likeness (QED) is 0.379. The molecule has 0 aromatic carbocycles. The largest absolute Gasteiger partial charge is 0.103 e. The summed E-state index contributed by atoms with van der Waals surface area (Å²) in [5.74, 6) is 0.832. The van der Waals surface area contributed by atoms with Gasteiger partial charge in [-0.2, -0.15) is 0 Å². The number of unbranched alkanes of at least 4 members (excludes halogenated alkanes) is 5. The Morgan fingerprint density at radius 2 is 1.86 bits per heavy atom. The molecule has 14 heavy (non-hydrogen) atoms. The van der Waals surface area contributed by atoms with E-state index >= 15 is 0 Å². The van der Waals surface area contributed by atoms with Gasteiger partial charge < -0.3 is 0 Å². The lowest BCUT2D eigenvalue weighted by Gasteiger charge is -2.08. The summed E-state index contributed by atoms with van der Waals surface area (Å²) in [6.45, 7) is 8.59. The third-order valence-electron chi connectivity index (χ3n) is 3.81. The third-order valence-corrected chi connectivity index (χ3v) is 3.81. The topological polar surface area (TPSA) is 0 Å². The van der Waals surface area contributed by atoms with Crippen LogP contribution in [-0.4, -0.2) is 0 Å². The van der Waals surface area contributed by atoms with Gasteiger partial charge in [-0.1, -0.05) is 58.4 Å². The molecule has 0 aliphatic heterocycles. The second kappa shape index (κ2) is 5.58. The Balaban J connectivity index is 1.92. The molecule has 0 amide bonds. The summed E-state index contributed by atoms with van der Waals surface area (Å²) in [7, 11) is 0. The van der Waals surface area contributed by atoms with Crippen molar-refractivity contribution in [1.29, 1.82) is 0 Å². The van der Waals surface area contributed by atoms with E-state index in [9.17, 15) is 0 Å². The maximum absolute atomic E-state index is 3.89. The van der Waals surface area contributed by atoms with E-state index in [2.05, 4.69) is 26.5 Å². The normalized spacial score (nSPS) is 30.3. The zero-order valence-electron chi connectivity index (χ0n) is 10.0. The first kappa shape index (κ1) is 11.8. The Kier molecular flexibility index (Phi) is 4.71. The second-order valence-electron chi connectivity index (χ2n) is 5.22. The van der Waals surface area contributed by atoms with Crippen LogP contribution < -0.4 is 0 Å². The average Bonchev–Trinajstić information content (AvgIpc) is 2.84. The molecule has 1 aliphatic carbocycles. The first-order valence-corrected chi connectivity index (χ1v) is 6.35. The van der Waals surface area contributed by atoms with Crippen molar-refractivity contribution in [1.82, 2.24) is 0 Å². The van der Waals surface area contributed by atoms with Crippen LogP contribution in [0.4, 0.5) is 0 Å². The molecule has 1 aliphatic rings.